The predicted octanol–water partition coefficient (Wildman–Crippen LogP) is 4.19. The van der Waals surface area contributed by atoms with E-state index in [1.807, 2.05) is 53.8 Å². The standard InChI is InChI=1S/C17H15FIN3O/c1-2-13(16-20-14-5-3-4-6-15(14)21-16)22-17(23)10-7-8-12(19)11(18)9-10/h3-9,13H,2H2,1H3,(H,20,21)(H,22,23). The van der Waals surface area contributed by atoms with Crippen LogP contribution >= 0.6 is 22.6 Å². The van der Waals surface area contributed by atoms with Gasteiger partial charge in [-0.15, -0.1) is 0 Å². The number of benzene rings is 2. The van der Waals surface area contributed by atoms with E-state index in [4.69, 9.17) is 0 Å². The second-order valence-electron chi connectivity index (χ2n) is 5.20. The highest BCUT2D eigenvalue weighted by Crippen LogP contribution is 2.19. The third kappa shape index (κ3) is 3.36. The van der Waals surface area contributed by atoms with Crippen molar-refractivity contribution in [3.8, 4) is 0 Å². The molecule has 1 aromatic heterocycles. The number of amides is 1. The number of hydrogen-bond acceptors (Lipinski definition) is 2. The Morgan fingerprint density at radius 3 is 2.83 bits per heavy atom. The van der Waals surface area contributed by atoms with E-state index in [-0.39, 0.29) is 11.9 Å². The summed E-state index contributed by atoms with van der Waals surface area (Å²) in [6.45, 7) is 1.96. The van der Waals surface area contributed by atoms with Crippen LogP contribution in [0.5, 0.6) is 0 Å². The molecule has 1 heterocycles. The number of carbonyl (C=O) groups excluding carboxylic acids is 1. The molecular formula is C17H15FIN3O. The second kappa shape index (κ2) is 6.66. The van der Waals surface area contributed by atoms with Crippen molar-refractivity contribution >= 4 is 39.5 Å². The van der Waals surface area contributed by atoms with Crippen LogP contribution < -0.4 is 5.32 Å². The van der Waals surface area contributed by atoms with E-state index in [2.05, 4.69) is 15.3 Å². The Kier molecular flexibility index (Phi) is 4.61. The van der Waals surface area contributed by atoms with E-state index in [1.54, 1.807) is 12.1 Å². The molecule has 6 heteroatoms. The smallest absolute Gasteiger partial charge is 0.251 e. The lowest BCUT2D eigenvalue weighted by Crippen LogP contribution is -2.29. The van der Waals surface area contributed by atoms with E-state index in [1.165, 1.54) is 6.07 Å². The summed E-state index contributed by atoms with van der Waals surface area (Å²) in [5.74, 6) is -0.00400. The Labute approximate surface area is 146 Å². The van der Waals surface area contributed by atoms with Gasteiger partial charge in [0.25, 0.3) is 5.91 Å². The predicted molar refractivity (Wildman–Crippen MR) is 95.7 cm³/mol. The van der Waals surface area contributed by atoms with Gasteiger partial charge >= 0.3 is 0 Å². The molecule has 2 aromatic carbocycles. The second-order valence-corrected chi connectivity index (χ2v) is 6.36. The molecule has 0 radical (unpaired) electrons. The highest BCUT2D eigenvalue weighted by Gasteiger charge is 2.18. The Hall–Kier alpha value is -1.96. The van der Waals surface area contributed by atoms with Crippen molar-refractivity contribution in [1.82, 2.24) is 15.3 Å². The van der Waals surface area contributed by atoms with Gasteiger partial charge in [-0.25, -0.2) is 9.37 Å². The molecular weight excluding hydrogens is 408 g/mol. The summed E-state index contributed by atoms with van der Waals surface area (Å²) in [4.78, 5) is 20.1. The number of para-hydroxylation sites is 2. The van der Waals surface area contributed by atoms with Gasteiger partial charge < -0.3 is 10.3 Å². The van der Waals surface area contributed by atoms with Gasteiger partial charge in [0.1, 0.15) is 11.6 Å². The summed E-state index contributed by atoms with van der Waals surface area (Å²) in [6, 6.07) is 11.9. The Morgan fingerprint density at radius 1 is 1.35 bits per heavy atom. The van der Waals surface area contributed by atoms with E-state index >= 15 is 0 Å². The minimum absolute atomic E-state index is 0.253. The zero-order valence-electron chi connectivity index (χ0n) is 12.4. The van der Waals surface area contributed by atoms with Crippen LogP contribution in [0.3, 0.4) is 0 Å². The van der Waals surface area contributed by atoms with Crippen LogP contribution in [0.25, 0.3) is 11.0 Å². The van der Waals surface area contributed by atoms with E-state index in [9.17, 15) is 9.18 Å². The van der Waals surface area contributed by atoms with Gasteiger partial charge in [0.15, 0.2) is 0 Å². The minimum Gasteiger partial charge on any atom is -0.342 e. The topological polar surface area (TPSA) is 57.8 Å². The molecule has 3 aromatic rings. The van der Waals surface area contributed by atoms with Crippen molar-refractivity contribution in [3.05, 3.63) is 63.2 Å². The minimum atomic E-state index is -0.393. The third-order valence-electron chi connectivity index (χ3n) is 3.63. The van der Waals surface area contributed by atoms with Crippen LogP contribution in [0.1, 0.15) is 35.6 Å². The Morgan fingerprint density at radius 2 is 2.13 bits per heavy atom. The SMILES string of the molecule is CCC(NC(=O)c1ccc(I)c(F)c1)c1nc2ccccc2[nH]1. The molecule has 0 spiro atoms. The molecule has 23 heavy (non-hydrogen) atoms. The summed E-state index contributed by atoms with van der Waals surface area (Å²) in [7, 11) is 0. The van der Waals surface area contributed by atoms with Gasteiger partial charge in [0.2, 0.25) is 0 Å². The molecule has 0 fully saturated rings. The number of nitrogens with zero attached hydrogens (tertiary/aromatic N) is 1. The van der Waals surface area contributed by atoms with Gasteiger partial charge in [0, 0.05) is 9.13 Å². The van der Waals surface area contributed by atoms with E-state index in [0.29, 0.717) is 21.4 Å². The average molecular weight is 423 g/mol. The molecule has 0 aliphatic carbocycles. The Bertz CT molecular complexity index is 829. The zero-order chi connectivity index (χ0) is 16.4. The molecule has 0 aliphatic rings. The van der Waals surface area contributed by atoms with E-state index in [0.717, 1.165) is 11.0 Å². The van der Waals surface area contributed by atoms with Crippen LogP contribution in [0.2, 0.25) is 0 Å². The number of carbonyl (C=O) groups is 1. The molecule has 118 valence electrons. The normalized spacial score (nSPS) is 12.3. The molecule has 3 rings (SSSR count). The molecule has 0 aliphatic heterocycles. The molecule has 1 amide bonds. The number of H-pyrrole nitrogens is 1. The summed E-state index contributed by atoms with van der Waals surface area (Å²) < 4.78 is 14.1. The lowest BCUT2D eigenvalue weighted by Gasteiger charge is -2.14. The Balaban J connectivity index is 1.83. The first kappa shape index (κ1) is 15.9. The maximum atomic E-state index is 13.6. The number of hydrogen-bond donors (Lipinski definition) is 2. The summed E-state index contributed by atoms with van der Waals surface area (Å²) >= 11 is 1.89. The number of fused-ring (bicyclic) bond motifs is 1. The molecule has 0 bridgehead atoms. The van der Waals surface area contributed by atoms with Crippen LogP contribution in [0.4, 0.5) is 4.39 Å². The largest absolute Gasteiger partial charge is 0.342 e. The molecule has 4 nitrogen and oxygen atoms in total. The zero-order valence-corrected chi connectivity index (χ0v) is 14.6. The lowest BCUT2D eigenvalue weighted by molar-refractivity contribution is 0.0933. The number of rotatable bonds is 4. The number of nitrogens with one attached hydrogen (secondary N) is 2. The molecule has 1 unspecified atom stereocenters. The number of aromatic nitrogens is 2. The number of imidazole rings is 1. The van der Waals surface area contributed by atoms with Crippen LogP contribution in [0.15, 0.2) is 42.5 Å². The van der Waals surface area contributed by atoms with Gasteiger partial charge in [-0.1, -0.05) is 19.1 Å². The number of halogens is 2. The van der Waals surface area contributed by atoms with Crippen LogP contribution in [-0.4, -0.2) is 15.9 Å². The van der Waals surface area contributed by atoms with Crippen molar-refractivity contribution in [2.24, 2.45) is 0 Å². The average Bonchev–Trinajstić information content (AvgIpc) is 2.98. The lowest BCUT2D eigenvalue weighted by atomic mass is 10.1. The highest BCUT2D eigenvalue weighted by atomic mass is 127. The summed E-state index contributed by atoms with van der Waals surface area (Å²) in [5, 5.41) is 2.91. The fraction of sp³-hybridized carbons (Fsp3) is 0.176. The molecule has 0 saturated carbocycles. The number of aromatic amines is 1. The monoisotopic (exact) mass is 423 g/mol. The highest BCUT2D eigenvalue weighted by molar-refractivity contribution is 14.1. The molecule has 0 saturated heterocycles. The van der Waals surface area contributed by atoms with Gasteiger partial charge in [-0.3, -0.25) is 4.79 Å². The van der Waals surface area contributed by atoms with Crippen molar-refractivity contribution in [3.63, 3.8) is 0 Å². The third-order valence-corrected chi connectivity index (χ3v) is 4.51. The van der Waals surface area contributed by atoms with Gasteiger partial charge in [-0.2, -0.15) is 0 Å². The van der Waals surface area contributed by atoms with Crippen LogP contribution in [0, 0.1) is 9.39 Å². The maximum Gasteiger partial charge on any atom is 0.251 e. The summed E-state index contributed by atoms with van der Waals surface area (Å²) in [5.41, 5.74) is 2.09. The van der Waals surface area contributed by atoms with Crippen molar-refractivity contribution in [2.45, 2.75) is 19.4 Å². The van der Waals surface area contributed by atoms with Crippen LogP contribution in [-0.2, 0) is 0 Å². The van der Waals surface area contributed by atoms with E-state index < -0.39 is 5.82 Å². The molecule has 1 atom stereocenters. The van der Waals surface area contributed by atoms with Gasteiger partial charge in [-0.05, 0) is 59.3 Å². The first-order valence-electron chi connectivity index (χ1n) is 7.29. The first-order valence-corrected chi connectivity index (χ1v) is 8.37. The van der Waals surface area contributed by atoms with Crippen molar-refractivity contribution < 1.29 is 9.18 Å². The maximum absolute atomic E-state index is 13.6. The fourth-order valence-electron chi connectivity index (χ4n) is 2.38. The first-order chi connectivity index (χ1) is 11.1. The van der Waals surface area contributed by atoms with Crippen molar-refractivity contribution in [1.29, 1.82) is 0 Å². The van der Waals surface area contributed by atoms with Gasteiger partial charge in [0.05, 0.1) is 17.1 Å². The summed E-state index contributed by atoms with van der Waals surface area (Å²) in [6.07, 6.45) is 0.679. The fourth-order valence-corrected chi connectivity index (χ4v) is 2.72. The van der Waals surface area contributed by atoms with Crippen molar-refractivity contribution in [2.75, 3.05) is 0 Å². The molecule has 2 N–H and O–H groups in total. The quantitative estimate of drug-likeness (QED) is 0.619.